The molecule has 1 aromatic carbocycles. The van der Waals surface area contributed by atoms with E-state index in [4.69, 9.17) is 16.3 Å². The van der Waals surface area contributed by atoms with Crippen LogP contribution in [-0.4, -0.2) is 23.6 Å². The molecule has 0 saturated carbocycles. The summed E-state index contributed by atoms with van der Waals surface area (Å²) in [5, 5.41) is 3.21. The third kappa shape index (κ3) is 2.99. The van der Waals surface area contributed by atoms with Crippen molar-refractivity contribution < 1.29 is 9.13 Å². The molecule has 1 aromatic heterocycles. The van der Waals surface area contributed by atoms with Gasteiger partial charge in [-0.3, -0.25) is 0 Å². The van der Waals surface area contributed by atoms with E-state index in [0.717, 1.165) is 13.0 Å². The Morgan fingerprint density at radius 1 is 1.35 bits per heavy atom. The first-order valence-electron chi connectivity index (χ1n) is 6.25. The second-order valence-corrected chi connectivity index (χ2v) is 4.57. The van der Waals surface area contributed by atoms with Gasteiger partial charge >= 0.3 is 0 Å². The maximum atomic E-state index is 13.2. The fraction of sp³-hybridized carbons (Fsp3) is 0.286. The van der Waals surface area contributed by atoms with E-state index in [0.29, 0.717) is 22.8 Å². The van der Waals surface area contributed by atoms with Crippen molar-refractivity contribution in [3.8, 4) is 17.0 Å². The highest BCUT2D eigenvalue weighted by molar-refractivity contribution is 6.31. The van der Waals surface area contributed by atoms with Crippen molar-refractivity contribution in [3.63, 3.8) is 0 Å². The van der Waals surface area contributed by atoms with Crippen molar-refractivity contribution in [2.24, 2.45) is 0 Å². The number of rotatable bonds is 5. The van der Waals surface area contributed by atoms with Crippen LogP contribution in [0.1, 0.15) is 13.3 Å². The van der Waals surface area contributed by atoms with Gasteiger partial charge in [-0.2, -0.15) is 0 Å². The average Bonchev–Trinajstić information content (AvgIpc) is 2.47. The van der Waals surface area contributed by atoms with Crippen molar-refractivity contribution in [2.45, 2.75) is 13.3 Å². The maximum Gasteiger partial charge on any atom is 0.187 e. The van der Waals surface area contributed by atoms with Gasteiger partial charge < -0.3 is 10.1 Å². The lowest BCUT2D eigenvalue weighted by molar-refractivity contribution is 0.414. The predicted molar refractivity (Wildman–Crippen MR) is 77.8 cm³/mol. The minimum Gasteiger partial charge on any atom is -0.491 e. The van der Waals surface area contributed by atoms with Gasteiger partial charge in [0.25, 0.3) is 0 Å². The monoisotopic (exact) mass is 295 g/mol. The van der Waals surface area contributed by atoms with Gasteiger partial charge in [-0.15, -0.1) is 0 Å². The minimum atomic E-state index is -0.465. The quantitative estimate of drug-likeness (QED) is 0.912. The molecular formula is C14H15ClFN3O. The van der Waals surface area contributed by atoms with E-state index >= 15 is 0 Å². The van der Waals surface area contributed by atoms with Crippen LogP contribution in [0.3, 0.4) is 0 Å². The number of aromatic nitrogens is 2. The molecule has 1 heterocycles. The summed E-state index contributed by atoms with van der Waals surface area (Å²) >= 11 is 5.81. The highest BCUT2D eigenvalue weighted by atomic mass is 35.5. The Labute approximate surface area is 122 Å². The van der Waals surface area contributed by atoms with E-state index in [1.165, 1.54) is 18.5 Å². The van der Waals surface area contributed by atoms with E-state index in [-0.39, 0.29) is 5.02 Å². The van der Waals surface area contributed by atoms with E-state index < -0.39 is 5.82 Å². The molecule has 0 atom stereocenters. The molecule has 106 valence electrons. The highest BCUT2D eigenvalue weighted by Crippen LogP contribution is 2.34. The molecule has 0 amide bonds. The second-order valence-electron chi connectivity index (χ2n) is 4.16. The van der Waals surface area contributed by atoms with E-state index in [2.05, 4.69) is 22.2 Å². The molecule has 0 aliphatic carbocycles. The Morgan fingerprint density at radius 2 is 2.15 bits per heavy atom. The summed E-state index contributed by atoms with van der Waals surface area (Å²) in [4.78, 5) is 8.36. The van der Waals surface area contributed by atoms with E-state index in [9.17, 15) is 4.39 Å². The van der Waals surface area contributed by atoms with Gasteiger partial charge in [-0.25, -0.2) is 14.4 Å². The summed E-state index contributed by atoms with van der Waals surface area (Å²) in [6.07, 6.45) is 2.40. The number of hydrogen-bond acceptors (Lipinski definition) is 4. The van der Waals surface area contributed by atoms with Crippen LogP contribution in [0, 0.1) is 5.82 Å². The van der Waals surface area contributed by atoms with Gasteiger partial charge in [0, 0.05) is 12.1 Å². The van der Waals surface area contributed by atoms with Gasteiger partial charge in [0.2, 0.25) is 0 Å². The zero-order valence-corrected chi connectivity index (χ0v) is 12.0. The number of nitrogens with zero attached hydrogens (tertiary/aromatic N) is 2. The van der Waals surface area contributed by atoms with Crippen LogP contribution < -0.4 is 10.1 Å². The van der Waals surface area contributed by atoms with Gasteiger partial charge in [0.1, 0.15) is 17.8 Å². The number of halogens is 2. The standard InChI is InChI=1S/C14H15ClFN3O/c1-3-6-17-14-13(20-2)12(18-8-19-14)9-4-5-11(16)10(15)7-9/h4-5,7-8H,3,6H2,1-2H3,(H,17,18,19). The molecule has 4 nitrogen and oxygen atoms in total. The van der Waals surface area contributed by atoms with E-state index in [1.807, 2.05) is 0 Å². The molecule has 0 bridgehead atoms. The van der Waals surface area contributed by atoms with Crippen LogP contribution in [0.15, 0.2) is 24.5 Å². The summed E-state index contributed by atoms with van der Waals surface area (Å²) in [6.45, 7) is 2.83. The van der Waals surface area contributed by atoms with Gasteiger partial charge in [-0.05, 0) is 24.6 Å². The van der Waals surface area contributed by atoms with Crippen molar-refractivity contribution >= 4 is 17.4 Å². The van der Waals surface area contributed by atoms with Crippen molar-refractivity contribution in [3.05, 3.63) is 35.4 Å². The lowest BCUT2D eigenvalue weighted by atomic mass is 10.1. The molecule has 0 radical (unpaired) electrons. The van der Waals surface area contributed by atoms with Crippen molar-refractivity contribution in [1.29, 1.82) is 0 Å². The predicted octanol–water partition coefficient (Wildman–Crippen LogP) is 3.77. The SMILES string of the molecule is CCCNc1ncnc(-c2ccc(F)c(Cl)c2)c1OC. The Morgan fingerprint density at radius 3 is 2.80 bits per heavy atom. The molecule has 2 rings (SSSR count). The molecule has 0 spiro atoms. The van der Waals surface area contributed by atoms with Crippen LogP contribution in [0.25, 0.3) is 11.3 Å². The summed E-state index contributed by atoms with van der Waals surface area (Å²) in [5.41, 5.74) is 1.25. The molecule has 0 fully saturated rings. The molecule has 0 aliphatic heterocycles. The maximum absolute atomic E-state index is 13.2. The number of anilines is 1. The second kappa shape index (κ2) is 6.52. The fourth-order valence-electron chi connectivity index (χ4n) is 1.79. The lowest BCUT2D eigenvalue weighted by Crippen LogP contribution is -2.05. The molecule has 1 N–H and O–H groups in total. The zero-order chi connectivity index (χ0) is 14.5. The molecular weight excluding hydrogens is 281 g/mol. The molecule has 20 heavy (non-hydrogen) atoms. The molecule has 0 saturated heterocycles. The van der Waals surface area contributed by atoms with Crippen LogP contribution >= 0.6 is 11.6 Å². The lowest BCUT2D eigenvalue weighted by Gasteiger charge is -2.13. The summed E-state index contributed by atoms with van der Waals surface area (Å²) in [5.74, 6) is 0.663. The Hall–Kier alpha value is -1.88. The number of methoxy groups -OCH3 is 1. The first-order chi connectivity index (χ1) is 9.67. The third-order valence-corrected chi connectivity index (χ3v) is 3.03. The zero-order valence-electron chi connectivity index (χ0n) is 11.3. The van der Waals surface area contributed by atoms with Gasteiger partial charge in [-0.1, -0.05) is 18.5 Å². The highest BCUT2D eigenvalue weighted by Gasteiger charge is 2.14. The van der Waals surface area contributed by atoms with Crippen LogP contribution in [-0.2, 0) is 0 Å². The summed E-state index contributed by atoms with van der Waals surface area (Å²) < 4.78 is 18.6. The van der Waals surface area contributed by atoms with Crippen LogP contribution in [0.5, 0.6) is 5.75 Å². The normalized spacial score (nSPS) is 10.4. The minimum absolute atomic E-state index is 0.0474. The van der Waals surface area contributed by atoms with E-state index in [1.54, 1.807) is 13.2 Å². The Kier molecular flexibility index (Phi) is 4.74. The Balaban J connectivity index is 2.47. The number of nitrogens with one attached hydrogen (secondary N) is 1. The molecule has 2 aromatic rings. The largest absolute Gasteiger partial charge is 0.491 e. The van der Waals surface area contributed by atoms with Gasteiger partial charge in [0.05, 0.1) is 12.1 Å². The molecule has 6 heteroatoms. The fourth-order valence-corrected chi connectivity index (χ4v) is 1.97. The first-order valence-corrected chi connectivity index (χ1v) is 6.63. The summed E-state index contributed by atoms with van der Waals surface area (Å²) in [6, 6.07) is 4.43. The Bertz CT molecular complexity index is 607. The van der Waals surface area contributed by atoms with Gasteiger partial charge in [0.15, 0.2) is 11.6 Å². The average molecular weight is 296 g/mol. The number of hydrogen-bond donors (Lipinski definition) is 1. The van der Waals surface area contributed by atoms with Crippen molar-refractivity contribution in [1.82, 2.24) is 9.97 Å². The van der Waals surface area contributed by atoms with Crippen LogP contribution in [0.4, 0.5) is 10.2 Å². The molecule has 0 aliphatic rings. The number of benzene rings is 1. The van der Waals surface area contributed by atoms with Crippen molar-refractivity contribution in [2.75, 3.05) is 19.0 Å². The first kappa shape index (κ1) is 14.5. The smallest absolute Gasteiger partial charge is 0.187 e. The number of ether oxygens (including phenoxy) is 1. The van der Waals surface area contributed by atoms with Crippen LogP contribution in [0.2, 0.25) is 5.02 Å². The topological polar surface area (TPSA) is 47.0 Å². The third-order valence-electron chi connectivity index (χ3n) is 2.74. The molecule has 0 unspecified atom stereocenters. The summed E-state index contributed by atoms with van der Waals surface area (Å²) in [7, 11) is 1.55.